The maximum Gasteiger partial charge on any atom is 0.258 e. The van der Waals surface area contributed by atoms with Crippen molar-refractivity contribution in [3.8, 4) is 0 Å². The second-order valence-corrected chi connectivity index (χ2v) is 7.96. The van der Waals surface area contributed by atoms with Crippen LogP contribution in [-0.4, -0.2) is 55.0 Å². The smallest absolute Gasteiger partial charge is 0.258 e. The molecular weight excluding hydrogens is 408 g/mol. The van der Waals surface area contributed by atoms with E-state index in [1.54, 1.807) is 39.9 Å². The minimum absolute atomic E-state index is 0.0316. The number of H-pyrrole nitrogens is 1. The summed E-state index contributed by atoms with van der Waals surface area (Å²) < 4.78 is 7.57. The number of hydrogen-bond acceptors (Lipinski definition) is 6. The number of nitrogens with one attached hydrogen (secondary N) is 1. The van der Waals surface area contributed by atoms with Crippen LogP contribution in [0.15, 0.2) is 47.3 Å². The Morgan fingerprint density at radius 1 is 1.25 bits per heavy atom. The normalized spacial score (nSPS) is 16.1. The highest BCUT2D eigenvalue weighted by Gasteiger charge is 2.25. The number of benzene rings is 2. The number of nitrogens with zero attached hydrogens (tertiary/aromatic N) is 5. The summed E-state index contributed by atoms with van der Waals surface area (Å²) in [5.41, 5.74) is 2.46. The molecule has 2 aromatic heterocycles. The van der Waals surface area contributed by atoms with E-state index in [1.807, 2.05) is 19.1 Å². The van der Waals surface area contributed by atoms with Crippen molar-refractivity contribution < 1.29 is 9.53 Å². The van der Waals surface area contributed by atoms with Crippen LogP contribution in [0.2, 0.25) is 0 Å². The highest BCUT2D eigenvalue weighted by Crippen LogP contribution is 2.19. The van der Waals surface area contributed by atoms with E-state index >= 15 is 0 Å². The van der Waals surface area contributed by atoms with Gasteiger partial charge in [0.15, 0.2) is 0 Å². The number of fused-ring (bicyclic) bond motifs is 2. The van der Waals surface area contributed by atoms with Crippen LogP contribution < -0.4 is 5.56 Å². The lowest BCUT2D eigenvalue weighted by molar-refractivity contribution is 0.0501. The van der Waals surface area contributed by atoms with Gasteiger partial charge in [-0.3, -0.25) is 9.59 Å². The summed E-state index contributed by atoms with van der Waals surface area (Å²) in [5.74, 6) is 0.280. The Labute approximate surface area is 184 Å². The molecule has 0 radical (unpaired) electrons. The van der Waals surface area contributed by atoms with E-state index in [4.69, 9.17) is 4.74 Å². The minimum atomic E-state index is -0.215. The number of para-hydroxylation sites is 1. The van der Waals surface area contributed by atoms with Crippen molar-refractivity contribution in [2.45, 2.75) is 39.0 Å². The average molecular weight is 432 g/mol. The largest absolute Gasteiger partial charge is 0.376 e. The third kappa shape index (κ3) is 3.87. The lowest BCUT2D eigenvalue weighted by Gasteiger charge is -2.25. The quantitative estimate of drug-likeness (QED) is 0.502. The fraction of sp³-hybridized carbons (Fsp3) is 0.348. The zero-order valence-electron chi connectivity index (χ0n) is 17.8. The molecule has 164 valence electrons. The van der Waals surface area contributed by atoms with Crippen LogP contribution in [0.3, 0.4) is 0 Å². The molecule has 0 aliphatic carbocycles. The van der Waals surface area contributed by atoms with Crippen molar-refractivity contribution in [3.05, 3.63) is 64.2 Å². The molecule has 0 spiro atoms. The first kappa shape index (κ1) is 20.3. The number of carbonyl (C=O) groups is 1. The summed E-state index contributed by atoms with van der Waals surface area (Å²) in [6.07, 6.45) is 1.84. The maximum absolute atomic E-state index is 13.5. The topological polar surface area (TPSA) is 106 Å². The molecule has 0 bridgehead atoms. The van der Waals surface area contributed by atoms with Crippen LogP contribution in [-0.2, 0) is 17.8 Å². The molecule has 1 N–H and O–H groups in total. The van der Waals surface area contributed by atoms with E-state index in [0.717, 1.165) is 18.4 Å². The molecule has 2 aromatic carbocycles. The van der Waals surface area contributed by atoms with E-state index in [9.17, 15) is 9.59 Å². The van der Waals surface area contributed by atoms with Gasteiger partial charge in [-0.05, 0) is 50.1 Å². The molecule has 5 rings (SSSR count). The van der Waals surface area contributed by atoms with Gasteiger partial charge in [-0.15, -0.1) is 5.10 Å². The molecule has 1 aliphatic heterocycles. The summed E-state index contributed by atoms with van der Waals surface area (Å²) in [6.45, 7) is 4.00. The summed E-state index contributed by atoms with van der Waals surface area (Å²) in [5, 5.41) is 8.83. The van der Waals surface area contributed by atoms with Gasteiger partial charge in [0.05, 0.1) is 29.1 Å². The van der Waals surface area contributed by atoms with Crippen molar-refractivity contribution in [1.29, 1.82) is 0 Å². The SMILES string of the molecule is CCn1nnc2cc(C(=O)N(Cc3nc4ccccc4c(=O)[nH]3)C[C@@H]3CCCO3)ccc21. The van der Waals surface area contributed by atoms with Crippen LogP contribution in [0.25, 0.3) is 21.9 Å². The number of carbonyl (C=O) groups excluding carboxylic acids is 1. The molecule has 0 unspecified atom stereocenters. The molecule has 3 heterocycles. The fourth-order valence-corrected chi connectivity index (χ4v) is 4.17. The molecule has 9 heteroatoms. The number of aromatic amines is 1. The zero-order valence-corrected chi connectivity index (χ0v) is 17.8. The van der Waals surface area contributed by atoms with Gasteiger partial charge in [0, 0.05) is 25.3 Å². The summed E-state index contributed by atoms with van der Waals surface area (Å²) in [7, 11) is 0. The van der Waals surface area contributed by atoms with Gasteiger partial charge >= 0.3 is 0 Å². The van der Waals surface area contributed by atoms with E-state index in [-0.39, 0.29) is 24.1 Å². The van der Waals surface area contributed by atoms with Gasteiger partial charge in [-0.25, -0.2) is 9.67 Å². The Kier molecular flexibility index (Phi) is 5.40. The fourth-order valence-electron chi connectivity index (χ4n) is 4.17. The van der Waals surface area contributed by atoms with Gasteiger partial charge in [-0.2, -0.15) is 0 Å². The molecule has 1 saturated heterocycles. The lowest BCUT2D eigenvalue weighted by Crippen LogP contribution is -2.37. The number of aryl methyl sites for hydroxylation is 1. The molecule has 1 aliphatic rings. The van der Waals surface area contributed by atoms with E-state index in [2.05, 4.69) is 20.3 Å². The molecule has 4 aromatic rings. The van der Waals surface area contributed by atoms with Crippen LogP contribution in [0.5, 0.6) is 0 Å². The highest BCUT2D eigenvalue weighted by atomic mass is 16.5. The molecule has 1 atom stereocenters. The Morgan fingerprint density at radius 2 is 2.12 bits per heavy atom. The number of hydrogen-bond donors (Lipinski definition) is 1. The maximum atomic E-state index is 13.5. The monoisotopic (exact) mass is 432 g/mol. The molecule has 32 heavy (non-hydrogen) atoms. The predicted molar refractivity (Wildman–Crippen MR) is 119 cm³/mol. The molecular formula is C23H24N6O3. The molecule has 9 nitrogen and oxygen atoms in total. The van der Waals surface area contributed by atoms with Crippen LogP contribution >= 0.6 is 0 Å². The van der Waals surface area contributed by atoms with E-state index < -0.39 is 0 Å². The van der Waals surface area contributed by atoms with Crippen LogP contribution in [0.4, 0.5) is 0 Å². The van der Waals surface area contributed by atoms with Crippen molar-refractivity contribution >= 4 is 27.8 Å². The van der Waals surface area contributed by atoms with E-state index in [0.29, 0.717) is 47.5 Å². The second kappa shape index (κ2) is 8.51. The molecule has 0 saturated carbocycles. The van der Waals surface area contributed by atoms with Crippen molar-refractivity contribution in [1.82, 2.24) is 29.9 Å². The number of rotatable bonds is 6. The second-order valence-electron chi connectivity index (χ2n) is 7.96. The van der Waals surface area contributed by atoms with Gasteiger partial charge < -0.3 is 14.6 Å². The van der Waals surface area contributed by atoms with Crippen LogP contribution in [0, 0.1) is 0 Å². The number of ether oxygens (including phenoxy) is 1. The molecule has 1 fully saturated rings. The highest BCUT2D eigenvalue weighted by molar-refractivity contribution is 5.97. The van der Waals surface area contributed by atoms with Crippen molar-refractivity contribution in [2.24, 2.45) is 0 Å². The summed E-state index contributed by atoms with van der Waals surface area (Å²) in [4.78, 5) is 35.1. The predicted octanol–water partition coefficient (Wildman–Crippen LogP) is 2.51. The lowest BCUT2D eigenvalue weighted by atomic mass is 10.1. The number of amides is 1. The van der Waals surface area contributed by atoms with Crippen molar-refractivity contribution in [2.75, 3.05) is 13.2 Å². The first-order chi connectivity index (χ1) is 15.6. The minimum Gasteiger partial charge on any atom is -0.376 e. The van der Waals surface area contributed by atoms with E-state index in [1.165, 1.54) is 0 Å². The zero-order chi connectivity index (χ0) is 22.1. The van der Waals surface area contributed by atoms with Gasteiger partial charge in [0.25, 0.3) is 11.5 Å². The van der Waals surface area contributed by atoms with Crippen LogP contribution in [0.1, 0.15) is 35.9 Å². The number of aromatic nitrogens is 5. The van der Waals surface area contributed by atoms with Gasteiger partial charge in [0.1, 0.15) is 11.3 Å². The van der Waals surface area contributed by atoms with Gasteiger partial charge in [-0.1, -0.05) is 17.3 Å². The van der Waals surface area contributed by atoms with Crippen molar-refractivity contribution in [3.63, 3.8) is 0 Å². The third-order valence-electron chi connectivity index (χ3n) is 5.80. The summed E-state index contributed by atoms with van der Waals surface area (Å²) in [6, 6.07) is 12.6. The molecule has 1 amide bonds. The Hall–Kier alpha value is -3.59. The first-order valence-corrected chi connectivity index (χ1v) is 10.8. The standard InChI is InChI=1S/C23H24N6O3/c1-2-29-20-10-9-15(12-19(20)26-27-29)23(31)28(13-16-6-5-11-32-16)14-21-24-18-8-4-3-7-17(18)22(30)25-21/h3-4,7-10,12,16H,2,5-6,11,13-14H2,1H3,(H,24,25,30)/t16-/m0/s1. The Balaban J connectivity index is 1.47. The summed E-state index contributed by atoms with van der Waals surface area (Å²) >= 11 is 0. The first-order valence-electron chi connectivity index (χ1n) is 10.8. The third-order valence-corrected chi connectivity index (χ3v) is 5.80. The Morgan fingerprint density at radius 3 is 2.94 bits per heavy atom. The van der Waals surface area contributed by atoms with Gasteiger partial charge in [0.2, 0.25) is 0 Å². The Bertz CT molecular complexity index is 1340. The average Bonchev–Trinajstić information content (AvgIpc) is 3.47.